The smallest absolute Gasteiger partial charge is 0.363 e. The van der Waals surface area contributed by atoms with Gasteiger partial charge in [0.15, 0.2) is 11.7 Å². The van der Waals surface area contributed by atoms with E-state index >= 15 is 0 Å². The van der Waals surface area contributed by atoms with E-state index in [1.54, 1.807) is 23.1 Å². The van der Waals surface area contributed by atoms with E-state index in [1.165, 1.54) is 6.07 Å². The molecule has 1 aromatic heterocycles. The van der Waals surface area contributed by atoms with Crippen LogP contribution < -0.4 is 5.32 Å². The summed E-state index contributed by atoms with van der Waals surface area (Å²) in [5.74, 6) is -0.254. The van der Waals surface area contributed by atoms with Crippen molar-refractivity contribution in [3.63, 3.8) is 0 Å². The number of hydrogen-bond acceptors (Lipinski definition) is 4. The molecule has 1 N–H and O–H groups in total. The second-order valence-corrected chi connectivity index (χ2v) is 11.4. The molecule has 2 aliphatic heterocycles. The maximum Gasteiger partial charge on any atom is 0.410 e. The topological polar surface area (TPSA) is 53.4 Å². The van der Waals surface area contributed by atoms with Gasteiger partial charge in [0.1, 0.15) is 5.82 Å². The molecule has 218 valence electrons. The molecule has 2 atom stereocenters. The van der Waals surface area contributed by atoms with Gasteiger partial charge in [0.25, 0.3) is 5.91 Å². The van der Waals surface area contributed by atoms with Crippen LogP contribution in [0.1, 0.15) is 51.7 Å². The summed E-state index contributed by atoms with van der Waals surface area (Å²) in [7, 11) is 0. The van der Waals surface area contributed by atoms with Gasteiger partial charge in [-0.2, -0.15) is 18.3 Å². The molecular weight excluding hydrogens is 586 g/mol. The van der Waals surface area contributed by atoms with E-state index in [9.17, 15) is 18.0 Å². The Bertz CT molecular complexity index is 1520. The van der Waals surface area contributed by atoms with E-state index in [0.717, 1.165) is 15.8 Å². The Morgan fingerprint density at radius 2 is 1.48 bits per heavy atom. The molecule has 0 saturated carbocycles. The van der Waals surface area contributed by atoms with Crippen molar-refractivity contribution in [3.8, 4) is 0 Å². The fraction of sp³-hybridized carbons (Fsp3) is 0.290. The van der Waals surface area contributed by atoms with Crippen molar-refractivity contribution in [1.29, 1.82) is 0 Å². The normalized spacial score (nSPS) is 19.4. The van der Waals surface area contributed by atoms with Gasteiger partial charge in [0.05, 0.1) is 22.1 Å². The lowest BCUT2D eigenvalue weighted by atomic mass is 9.96. The van der Waals surface area contributed by atoms with E-state index < -0.39 is 18.3 Å². The second-order valence-electron chi connectivity index (χ2n) is 10.6. The number of alkyl halides is 3. The number of benzene rings is 3. The van der Waals surface area contributed by atoms with Gasteiger partial charge < -0.3 is 10.2 Å². The molecular formula is C31H28Cl2F3N5O. The number of piperazine rings is 1. The third-order valence-corrected chi connectivity index (χ3v) is 8.69. The first-order chi connectivity index (χ1) is 20.2. The zero-order chi connectivity index (χ0) is 29.4. The molecule has 3 aromatic carbocycles. The fourth-order valence-electron chi connectivity index (χ4n) is 5.86. The summed E-state index contributed by atoms with van der Waals surface area (Å²) in [6.45, 7) is 2.08. The van der Waals surface area contributed by atoms with Crippen LogP contribution in [0, 0.1) is 0 Å². The summed E-state index contributed by atoms with van der Waals surface area (Å²) in [6, 6.07) is 24.0. The van der Waals surface area contributed by atoms with E-state index in [0.29, 0.717) is 36.8 Å². The number of fused-ring (bicyclic) bond motifs is 1. The van der Waals surface area contributed by atoms with Crippen LogP contribution >= 0.6 is 23.2 Å². The van der Waals surface area contributed by atoms with Crippen LogP contribution in [0.2, 0.25) is 10.0 Å². The zero-order valence-corrected chi connectivity index (χ0v) is 23.9. The number of carbonyl (C=O) groups excluding carboxylic acids is 1. The van der Waals surface area contributed by atoms with Gasteiger partial charge in [-0.15, -0.1) is 0 Å². The summed E-state index contributed by atoms with van der Waals surface area (Å²) >= 11 is 12.1. The minimum absolute atomic E-state index is 0.0161. The molecule has 42 heavy (non-hydrogen) atoms. The molecule has 0 spiro atoms. The van der Waals surface area contributed by atoms with Crippen molar-refractivity contribution in [2.75, 3.05) is 31.5 Å². The van der Waals surface area contributed by atoms with E-state index in [2.05, 4.69) is 39.6 Å². The number of nitrogens with one attached hydrogen (secondary N) is 1. The van der Waals surface area contributed by atoms with Crippen LogP contribution in [0.3, 0.4) is 0 Å². The van der Waals surface area contributed by atoms with Gasteiger partial charge in [-0.3, -0.25) is 9.69 Å². The first-order valence-electron chi connectivity index (χ1n) is 13.7. The van der Waals surface area contributed by atoms with Gasteiger partial charge in [0.2, 0.25) is 0 Å². The van der Waals surface area contributed by atoms with Crippen molar-refractivity contribution in [2.45, 2.75) is 30.7 Å². The van der Waals surface area contributed by atoms with Crippen molar-refractivity contribution >= 4 is 34.9 Å². The Morgan fingerprint density at radius 3 is 2.05 bits per heavy atom. The average Bonchev–Trinajstić information content (AvgIpc) is 3.43. The highest BCUT2D eigenvalue weighted by Gasteiger charge is 2.47. The van der Waals surface area contributed by atoms with Crippen LogP contribution in [-0.4, -0.2) is 57.8 Å². The van der Waals surface area contributed by atoms with Crippen molar-refractivity contribution in [1.82, 2.24) is 19.6 Å². The molecule has 11 heteroatoms. The van der Waals surface area contributed by atoms with E-state index in [1.807, 2.05) is 36.4 Å². The number of aromatic nitrogens is 2. The minimum atomic E-state index is -4.56. The van der Waals surface area contributed by atoms with Crippen molar-refractivity contribution < 1.29 is 18.0 Å². The van der Waals surface area contributed by atoms with E-state index in [-0.39, 0.29) is 34.9 Å². The Morgan fingerprint density at radius 1 is 0.857 bits per heavy atom. The highest BCUT2D eigenvalue weighted by Crippen LogP contribution is 2.44. The van der Waals surface area contributed by atoms with Crippen molar-refractivity contribution in [3.05, 3.63) is 117 Å². The van der Waals surface area contributed by atoms with E-state index in [4.69, 9.17) is 23.2 Å². The monoisotopic (exact) mass is 613 g/mol. The zero-order valence-electron chi connectivity index (χ0n) is 22.4. The summed E-state index contributed by atoms with van der Waals surface area (Å²) in [5, 5.41) is 7.86. The molecule has 0 unspecified atom stereocenters. The lowest BCUT2D eigenvalue weighted by Crippen LogP contribution is -2.50. The summed E-state index contributed by atoms with van der Waals surface area (Å²) in [5.41, 5.74) is 2.87. The predicted octanol–water partition coefficient (Wildman–Crippen LogP) is 7.40. The first kappa shape index (κ1) is 28.6. The predicted molar refractivity (Wildman–Crippen MR) is 157 cm³/mol. The molecule has 1 amide bonds. The molecule has 0 radical (unpaired) electrons. The van der Waals surface area contributed by atoms with Gasteiger partial charge in [-0.1, -0.05) is 89.9 Å². The van der Waals surface area contributed by atoms with Crippen LogP contribution in [0.5, 0.6) is 0 Å². The third-order valence-electron chi connectivity index (χ3n) is 7.95. The first-order valence-corrected chi connectivity index (χ1v) is 14.5. The number of amides is 1. The highest BCUT2D eigenvalue weighted by molar-refractivity contribution is 6.42. The number of hydrogen-bond donors (Lipinski definition) is 1. The van der Waals surface area contributed by atoms with Crippen LogP contribution in [0.15, 0.2) is 84.9 Å². The Kier molecular flexibility index (Phi) is 7.91. The standard InChI is InChI=1S/C31H28Cl2F3N5O/c32-23-12-11-22(17-24(23)33)25-18-27(31(34,35)36)41-28(37-25)19-26(38-41)30(42)40-15-13-39(14-16-40)29(20-7-3-1-4-8-20)21-9-5-2-6-10-21/h1-12,17,19,25,27,29,37H,13-16,18H2/t25-,27-/m0/s1. The molecule has 0 aliphatic carbocycles. The van der Waals surface area contributed by atoms with Crippen LogP contribution in [0.4, 0.5) is 19.0 Å². The fourth-order valence-corrected chi connectivity index (χ4v) is 6.16. The average molecular weight is 614 g/mol. The van der Waals surface area contributed by atoms with Gasteiger partial charge >= 0.3 is 6.18 Å². The highest BCUT2D eigenvalue weighted by atomic mass is 35.5. The number of nitrogens with zero attached hydrogens (tertiary/aromatic N) is 4. The lowest BCUT2D eigenvalue weighted by molar-refractivity contribution is -0.173. The van der Waals surface area contributed by atoms with Crippen molar-refractivity contribution in [2.24, 2.45) is 0 Å². The second kappa shape index (κ2) is 11.6. The van der Waals surface area contributed by atoms with Gasteiger partial charge in [-0.05, 0) is 28.8 Å². The number of anilines is 1. The van der Waals surface area contributed by atoms with Crippen LogP contribution in [-0.2, 0) is 0 Å². The summed E-state index contributed by atoms with van der Waals surface area (Å²) < 4.78 is 43.4. The third kappa shape index (κ3) is 5.73. The SMILES string of the molecule is O=C(c1cc2n(n1)[C@H](C(F)(F)F)C[C@@H](c1ccc(Cl)c(Cl)c1)N2)N1CCN(C(c2ccccc2)c2ccccc2)CC1. The molecule has 6 nitrogen and oxygen atoms in total. The molecule has 1 fully saturated rings. The Labute approximate surface area is 251 Å². The molecule has 3 heterocycles. The molecule has 2 aliphatic rings. The van der Waals surface area contributed by atoms with Crippen LogP contribution in [0.25, 0.3) is 0 Å². The number of halogens is 5. The Hall–Kier alpha value is -3.53. The lowest BCUT2D eigenvalue weighted by Gasteiger charge is -2.39. The maximum atomic E-state index is 14.2. The summed E-state index contributed by atoms with van der Waals surface area (Å²) in [4.78, 5) is 17.5. The Balaban J connectivity index is 1.21. The molecule has 1 saturated heterocycles. The van der Waals surface area contributed by atoms with Gasteiger partial charge in [-0.25, -0.2) is 4.68 Å². The molecule has 4 aromatic rings. The quantitative estimate of drug-likeness (QED) is 0.255. The minimum Gasteiger partial charge on any atom is -0.363 e. The van der Waals surface area contributed by atoms with Gasteiger partial charge in [0, 0.05) is 38.7 Å². The summed E-state index contributed by atoms with van der Waals surface area (Å²) in [6.07, 6.45) is -4.87. The molecule has 0 bridgehead atoms. The number of carbonyl (C=O) groups is 1. The number of rotatable bonds is 5. The maximum absolute atomic E-state index is 14.2. The molecule has 6 rings (SSSR count). The largest absolute Gasteiger partial charge is 0.410 e.